The van der Waals surface area contributed by atoms with Crippen LogP contribution in [0.4, 0.5) is 11.4 Å². The number of rotatable bonds is 5. The van der Waals surface area contributed by atoms with Crippen LogP contribution in [0, 0.1) is 5.92 Å². The number of halogens is 1. The SMILES string of the molecule is CC(Nc1ccnc2cc(Br)cnc12)c1ccc(NC(=O)C2CC2)cc1. The summed E-state index contributed by atoms with van der Waals surface area (Å²) in [4.78, 5) is 20.7. The van der Waals surface area contributed by atoms with Gasteiger partial charge in [-0.05, 0) is 65.5 Å². The standard InChI is InChI=1S/C20H19BrN4O/c1-12(13-4-6-16(7-5-13)25-20(26)14-2-3-14)24-17-8-9-22-18-10-15(21)11-23-19(17)18/h4-12,14H,2-3H2,1H3,(H,22,24)(H,25,26). The molecule has 4 rings (SSSR count). The van der Waals surface area contributed by atoms with Gasteiger partial charge in [0, 0.05) is 34.5 Å². The first-order valence-electron chi connectivity index (χ1n) is 8.68. The number of anilines is 2. The highest BCUT2D eigenvalue weighted by molar-refractivity contribution is 9.10. The Kier molecular flexibility index (Phi) is 4.59. The van der Waals surface area contributed by atoms with E-state index in [0.717, 1.165) is 45.3 Å². The van der Waals surface area contributed by atoms with Crippen LogP contribution in [0.25, 0.3) is 11.0 Å². The Labute approximate surface area is 160 Å². The Bertz CT molecular complexity index is 954. The van der Waals surface area contributed by atoms with Gasteiger partial charge in [0.05, 0.1) is 11.2 Å². The van der Waals surface area contributed by atoms with Crippen LogP contribution >= 0.6 is 15.9 Å². The molecule has 0 aliphatic heterocycles. The quantitative estimate of drug-likeness (QED) is 0.626. The number of benzene rings is 1. The monoisotopic (exact) mass is 410 g/mol. The van der Waals surface area contributed by atoms with E-state index in [1.54, 1.807) is 12.4 Å². The van der Waals surface area contributed by atoms with Gasteiger partial charge in [0.1, 0.15) is 5.52 Å². The molecule has 132 valence electrons. The predicted octanol–water partition coefficient (Wildman–Crippen LogP) is 4.91. The summed E-state index contributed by atoms with van der Waals surface area (Å²) in [7, 11) is 0. The van der Waals surface area contributed by atoms with Crippen molar-refractivity contribution >= 4 is 44.2 Å². The molecular formula is C20H19BrN4O. The third kappa shape index (κ3) is 3.70. The second kappa shape index (κ2) is 7.03. The van der Waals surface area contributed by atoms with Crippen LogP contribution in [0.3, 0.4) is 0 Å². The molecule has 2 heterocycles. The highest BCUT2D eigenvalue weighted by Gasteiger charge is 2.29. The van der Waals surface area contributed by atoms with Crippen molar-refractivity contribution < 1.29 is 4.79 Å². The Balaban J connectivity index is 1.49. The summed E-state index contributed by atoms with van der Waals surface area (Å²) in [5, 5.41) is 6.47. The molecule has 1 fully saturated rings. The molecule has 1 saturated carbocycles. The number of nitrogens with one attached hydrogen (secondary N) is 2. The maximum absolute atomic E-state index is 11.8. The number of hydrogen-bond donors (Lipinski definition) is 2. The van der Waals surface area contributed by atoms with Crippen molar-refractivity contribution in [3.05, 3.63) is 58.8 Å². The van der Waals surface area contributed by atoms with Gasteiger partial charge in [-0.25, -0.2) is 0 Å². The van der Waals surface area contributed by atoms with Crippen molar-refractivity contribution in [2.75, 3.05) is 10.6 Å². The summed E-state index contributed by atoms with van der Waals surface area (Å²) in [6.07, 6.45) is 5.57. The lowest BCUT2D eigenvalue weighted by Gasteiger charge is -2.17. The van der Waals surface area contributed by atoms with Gasteiger partial charge in [-0.15, -0.1) is 0 Å². The first-order chi connectivity index (χ1) is 12.6. The molecule has 3 aromatic rings. The van der Waals surface area contributed by atoms with Gasteiger partial charge in [-0.3, -0.25) is 14.8 Å². The highest BCUT2D eigenvalue weighted by Crippen LogP contribution is 2.30. The maximum Gasteiger partial charge on any atom is 0.227 e. The minimum atomic E-state index is 0.0965. The minimum absolute atomic E-state index is 0.0965. The number of carbonyl (C=O) groups is 1. The number of fused-ring (bicyclic) bond motifs is 1. The zero-order chi connectivity index (χ0) is 18.1. The largest absolute Gasteiger partial charge is 0.377 e. The molecule has 2 aromatic heterocycles. The fourth-order valence-electron chi connectivity index (χ4n) is 2.88. The number of carbonyl (C=O) groups excluding carboxylic acids is 1. The lowest BCUT2D eigenvalue weighted by atomic mass is 10.1. The summed E-state index contributed by atoms with van der Waals surface area (Å²) in [5.74, 6) is 0.340. The van der Waals surface area contributed by atoms with Crippen LogP contribution in [0.5, 0.6) is 0 Å². The van der Waals surface area contributed by atoms with Gasteiger partial charge in [0.2, 0.25) is 5.91 Å². The summed E-state index contributed by atoms with van der Waals surface area (Å²) in [5.41, 5.74) is 4.61. The smallest absolute Gasteiger partial charge is 0.227 e. The molecule has 1 atom stereocenters. The predicted molar refractivity (Wildman–Crippen MR) is 107 cm³/mol. The average molecular weight is 411 g/mol. The van der Waals surface area contributed by atoms with E-state index in [0.29, 0.717) is 0 Å². The van der Waals surface area contributed by atoms with Crippen molar-refractivity contribution in [3.8, 4) is 0 Å². The van der Waals surface area contributed by atoms with Gasteiger partial charge in [-0.2, -0.15) is 0 Å². The van der Waals surface area contributed by atoms with Crippen LogP contribution in [-0.4, -0.2) is 15.9 Å². The molecule has 0 radical (unpaired) electrons. The molecule has 26 heavy (non-hydrogen) atoms. The van der Waals surface area contributed by atoms with E-state index in [-0.39, 0.29) is 17.9 Å². The van der Waals surface area contributed by atoms with E-state index in [1.165, 1.54) is 0 Å². The molecule has 1 aliphatic carbocycles. The normalized spacial score (nSPS) is 14.8. The lowest BCUT2D eigenvalue weighted by molar-refractivity contribution is -0.117. The van der Waals surface area contributed by atoms with Crippen molar-refractivity contribution in [1.82, 2.24) is 9.97 Å². The third-order valence-corrected chi connectivity index (χ3v) is 4.98. The van der Waals surface area contributed by atoms with Gasteiger partial charge in [0.25, 0.3) is 0 Å². The van der Waals surface area contributed by atoms with Crippen LogP contribution in [-0.2, 0) is 4.79 Å². The second-order valence-corrected chi connectivity index (χ2v) is 7.55. The van der Waals surface area contributed by atoms with Gasteiger partial charge < -0.3 is 10.6 Å². The van der Waals surface area contributed by atoms with Crippen LogP contribution in [0.2, 0.25) is 0 Å². The fraction of sp³-hybridized carbons (Fsp3) is 0.250. The minimum Gasteiger partial charge on any atom is -0.377 e. The highest BCUT2D eigenvalue weighted by atomic mass is 79.9. The Morgan fingerprint density at radius 2 is 1.96 bits per heavy atom. The molecule has 0 spiro atoms. The van der Waals surface area contributed by atoms with Crippen molar-refractivity contribution in [2.24, 2.45) is 5.92 Å². The number of aromatic nitrogens is 2. The van der Waals surface area contributed by atoms with E-state index in [2.05, 4.69) is 43.5 Å². The molecule has 1 aromatic carbocycles. The molecule has 1 unspecified atom stereocenters. The van der Waals surface area contributed by atoms with Crippen molar-refractivity contribution in [3.63, 3.8) is 0 Å². The van der Waals surface area contributed by atoms with Crippen molar-refractivity contribution in [2.45, 2.75) is 25.8 Å². The van der Waals surface area contributed by atoms with E-state index in [9.17, 15) is 4.79 Å². The molecular weight excluding hydrogens is 392 g/mol. The molecule has 2 N–H and O–H groups in total. The topological polar surface area (TPSA) is 66.9 Å². The Morgan fingerprint density at radius 1 is 1.19 bits per heavy atom. The molecule has 6 heteroatoms. The number of nitrogens with zero attached hydrogens (tertiary/aromatic N) is 2. The van der Waals surface area contributed by atoms with Gasteiger partial charge in [-0.1, -0.05) is 12.1 Å². The average Bonchev–Trinajstić information content (AvgIpc) is 3.47. The molecule has 0 bridgehead atoms. The zero-order valence-corrected chi connectivity index (χ0v) is 16.0. The Hall–Kier alpha value is -2.47. The van der Waals surface area contributed by atoms with E-state index < -0.39 is 0 Å². The number of hydrogen-bond acceptors (Lipinski definition) is 4. The van der Waals surface area contributed by atoms with Gasteiger partial charge >= 0.3 is 0 Å². The summed E-state index contributed by atoms with van der Waals surface area (Å²) < 4.78 is 0.909. The third-order valence-electron chi connectivity index (χ3n) is 4.54. The number of pyridine rings is 2. The van der Waals surface area contributed by atoms with E-state index in [4.69, 9.17) is 0 Å². The first-order valence-corrected chi connectivity index (χ1v) is 9.47. The fourth-order valence-corrected chi connectivity index (χ4v) is 3.20. The maximum atomic E-state index is 11.8. The Morgan fingerprint density at radius 3 is 2.69 bits per heavy atom. The molecule has 5 nitrogen and oxygen atoms in total. The molecule has 1 amide bonds. The second-order valence-electron chi connectivity index (χ2n) is 6.63. The first kappa shape index (κ1) is 17.0. The number of amides is 1. The lowest BCUT2D eigenvalue weighted by Crippen LogP contribution is -2.13. The summed E-state index contributed by atoms with van der Waals surface area (Å²) in [6.45, 7) is 2.10. The zero-order valence-electron chi connectivity index (χ0n) is 14.4. The summed E-state index contributed by atoms with van der Waals surface area (Å²) >= 11 is 3.43. The molecule has 0 saturated heterocycles. The van der Waals surface area contributed by atoms with Gasteiger partial charge in [0.15, 0.2) is 0 Å². The van der Waals surface area contributed by atoms with E-state index >= 15 is 0 Å². The van der Waals surface area contributed by atoms with Crippen LogP contribution in [0.1, 0.15) is 31.4 Å². The van der Waals surface area contributed by atoms with Crippen LogP contribution in [0.15, 0.2) is 53.3 Å². The van der Waals surface area contributed by atoms with E-state index in [1.807, 2.05) is 36.4 Å². The molecule has 1 aliphatic rings. The van der Waals surface area contributed by atoms with Crippen molar-refractivity contribution in [1.29, 1.82) is 0 Å². The summed E-state index contributed by atoms with van der Waals surface area (Å²) in [6, 6.07) is 12.0. The van der Waals surface area contributed by atoms with Crippen LogP contribution < -0.4 is 10.6 Å².